The van der Waals surface area contributed by atoms with E-state index in [9.17, 15) is 19.8 Å². The van der Waals surface area contributed by atoms with Gasteiger partial charge in [-0.15, -0.1) is 12.4 Å². The summed E-state index contributed by atoms with van der Waals surface area (Å²) in [4.78, 5) is 19.5. The Morgan fingerprint density at radius 3 is 1.16 bits per heavy atom. The molecule has 2 rings (SSSR count). The highest BCUT2D eigenvalue weighted by Gasteiger charge is 2.29. The molecule has 15 heteroatoms. The Hall–Kier alpha value is -3.05. The number of rotatable bonds is 21. The average Bonchev–Trinajstić information content (AvgIpc) is 3.06. The van der Waals surface area contributed by atoms with Gasteiger partial charge >= 0.3 is 11.9 Å². The van der Waals surface area contributed by atoms with Crippen LogP contribution in [0.2, 0.25) is 0 Å². The van der Waals surface area contributed by atoms with Crippen molar-refractivity contribution < 1.29 is 59.2 Å². The van der Waals surface area contributed by atoms with E-state index in [1.165, 1.54) is 11.1 Å². The number of methoxy groups -OCH3 is 2. The zero-order valence-corrected chi connectivity index (χ0v) is 30.1. The first-order valence-electron chi connectivity index (χ1n) is 15.8. The first-order valence-corrected chi connectivity index (χ1v) is 15.8. The number of benzene rings is 2. The van der Waals surface area contributed by atoms with Crippen LogP contribution in [0.4, 0.5) is 0 Å². The Kier molecular flexibility index (Phi) is 28.2. The predicted octanol–water partition coefficient (Wildman–Crippen LogP) is 1.53. The summed E-state index contributed by atoms with van der Waals surface area (Å²) in [6.45, 7) is 11.3. The van der Waals surface area contributed by atoms with Crippen molar-refractivity contribution in [1.29, 1.82) is 0 Å². The average molecular weight is 721 g/mol. The summed E-state index contributed by atoms with van der Waals surface area (Å²) in [5, 5.41) is 58.3. The zero-order chi connectivity index (χ0) is 36.5. The maximum absolute atomic E-state index is 9.77. The lowest BCUT2D eigenvalue weighted by Gasteiger charge is -2.15. The Labute approximate surface area is 295 Å². The molecule has 14 nitrogen and oxygen atoms in total. The van der Waals surface area contributed by atoms with Crippen LogP contribution in [0.1, 0.15) is 38.8 Å². The van der Waals surface area contributed by atoms with E-state index in [0.717, 1.165) is 37.6 Å². The van der Waals surface area contributed by atoms with E-state index < -0.39 is 36.4 Å². The molecule has 8 N–H and O–H groups in total. The minimum Gasteiger partial charge on any atom is -0.491 e. The van der Waals surface area contributed by atoms with Crippen molar-refractivity contribution >= 4 is 24.3 Å². The van der Waals surface area contributed by atoms with E-state index in [2.05, 4.69) is 10.6 Å². The van der Waals surface area contributed by atoms with E-state index in [1.807, 2.05) is 76.2 Å². The van der Waals surface area contributed by atoms with Gasteiger partial charge in [-0.2, -0.15) is 0 Å². The molecule has 0 aromatic heterocycles. The Morgan fingerprint density at radius 2 is 0.918 bits per heavy atom. The number of halogens is 1. The highest BCUT2D eigenvalue weighted by Crippen LogP contribution is 2.14. The van der Waals surface area contributed by atoms with E-state index in [4.69, 9.17) is 39.4 Å². The van der Waals surface area contributed by atoms with Crippen molar-refractivity contribution in [1.82, 2.24) is 10.6 Å². The molecular weight excluding hydrogens is 664 g/mol. The van der Waals surface area contributed by atoms with Gasteiger partial charge in [0.1, 0.15) is 36.9 Å². The van der Waals surface area contributed by atoms with Crippen LogP contribution in [0.15, 0.2) is 48.5 Å². The van der Waals surface area contributed by atoms with E-state index in [-0.39, 0.29) is 12.4 Å². The predicted molar refractivity (Wildman–Crippen MR) is 188 cm³/mol. The lowest BCUT2D eigenvalue weighted by atomic mass is 10.1. The first kappa shape index (κ1) is 48.1. The summed E-state index contributed by atoms with van der Waals surface area (Å²) in [5.74, 6) is -1.97. The van der Waals surface area contributed by atoms with Crippen LogP contribution in [0.3, 0.4) is 0 Å². The van der Waals surface area contributed by atoms with Gasteiger partial charge < -0.3 is 60.2 Å². The molecular formula is C34H57ClN2O12. The lowest BCUT2D eigenvalue weighted by Crippen LogP contribution is -2.39. The molecule has 2 aromatic carbocycles. The largest absolute Gasteiger partial charge is 0.491 e. The Morgan fingerprint density at radius 1 is 0.612 bits per heavy atom. The smallest absolute Gasteiger partial charge is 0.335 e. The fourth-order valence-electron chi connectivity index (χ4n) is 3.46. The van der Waals surface area contributed by atoms with Crippen molar-refractivity contribution in [2.45, 2.75) is 77.0 Å². The number of aliphatic carboxylic acids is 2. The third-order valence-corrected chi connectivity index (χ3v) is 6.25. The molecule has 2 aromatic rings. The van der Waals surface area contributed by atoms with Crippen LogP contribution in [0.25, 0.3) is 0 Å². The van der Waals surface area contributed by atoms with Crippen LogP contribution in [0.5, 0.6) is 11.5 Å². The first-order chi connectivity index (χ1) is 22.7. The topological polar surface area (TPSA) is 216 Å². The molecule has 0 aliphatic rings. The fourth-order valence-corrected chi connectivity index (χ4v) is 3.46. The number of aliphatic hydroxyl groups excluding tert-OH is 4. The van der Waals surface area contributed by atoms with Crippen LogP contribution in [0, 0.1) is 0 Å². The summed E-state index contributed by atoms with van der Waals surface area (Å²) < 4.78 is 21.1. The van der Waals surface area contributed by atoms with Crippen molar-refractivity contribution in [3.8, 4) is 11.5 Å². The molecule has 0 heterocycles. The number of carbonyl (C=O) groups is 2. The quantitative estimate of drug-likeness (QED) is 0.0918. The highest BCUT2D eigenvalue weighted by molar-refractivity contribution is 5.85. The standard InChI is InChI=1S/2C15H25NO3.C4H6O6.ClH/c2*1-12(2)16-10-14(17)11-19-15-6-4-13(5-7-15)8-9-18-3;5-1(3(7)8)2(6)4(9)10;/h2*4-7,12,14,16-17H,8-11H2,1-3H3;1-2,5-6H,(H,7,8)(H,9,10);1H/t;;1-,2+;. The molecule has 4 atom stereocenters. The second kappa shape index (κ2) is 28.8. The Bertz CT molecular complexity index is 1020. The second-order valence-corrected chi connectivity index (χ2v) is 11.4. The Balaban J connectivity index is 0. The van der Waals surface area contributed by atoms with Crippen LogP contribution < -0.4 is 20.1 Å². The van der Waals surface area contributed by atoms with E-state index in [0.29, 0.717) is 38.4 Å². The number of carboxylic acids is 2. The fraction of sp³-hybridized carbons (Fsp3) is 0.588. The number of hydrogen-bond acceptors (Lipinski definition) is 12. The van der Waals surface area contributed by atoms with E-state index >= 15 is 0 Å². The molecule has 2 unspecified atom stereocenters. The number of hydrogen-bond donors (Lipinski definition) is 8. The third-order valence-electron chi connectivity index (χ3n) is 6.25. The van der Waals surface area contributed by atoms with Crippen molar-refractivity contribution in [2.24, 2.45) is 0 Å². The number of nitrogens with one attached hydrogen (secondary N) is 2. The lowest BCUT2D eigenvalue weighted by molar-refractivity contribution is -0.165. The normalized spacial score (nSPS) is 13.1. The van der Waals surface area contributed by atoms with Crippen LogP contribution in [-0.4, -0.2) is 133 Å². The monoisotopic (exact) mass is 720 g/mol. The zero-order valence-electron chi connectivity index (χ0n) is 29.3. The minimum atomic E-state index is -2.27. The molecule has 0 radical (unpaired) electrons. The van der Waals surface area contributed by atoms with Gasteiger partial charge in [-0.3, -0.25) is 0 Å². The van der Waals surface area contributed by atoms with Crippen LogP contribution in [-0.2, 0) is 31.9 Å². The number of carboxylic acid groups (broad SMARTS) is 2. The SMILES string of the molecule is COCCc1ccc(OCC(O)CNC(C)C)cc1.COCCc1ccc(OCC(O)CNC(C)C)cc1.Cl.O=C(O)[C@@H](O)[C@@H](O)C(=O)O. The van der Waals surface area contributed by atoms with Crippen molar-refractivity contribution in [3.05, 3.63) is 59.7 Å². The summed E-state index contributed by atoms with van der Waals surface area (Å²) >= 11 is 0. The molecule has 0 bridgehead atoms. The molecule has 49 heavy (non-hydrogen) atoms. The second-order valence-electron chi connectivity index (χ2n) is 11.4. The minimum absolute atomic E-state index is 0. The van der Waals surface area contributed by atoms with Gasteiger partial charge in [-0.1, -0.05) is 52.0 Å². The highest BCUT2D eigenvalue weighted by atomic mass is 35.5. The maximum Gasteiger partial charge on any atom is 0.335 e. The molecule has 0 spiro atoms. The van der Waals surface area contributed by atoms with Gasteiger partial charge in [-0.25, -0.2) is 9.59 Å². The van der Waals surface area contributed by atoms with Gasteiger partial charge in [0.2, 0.25) is 0 Å². The summed E-state index contributed by atoms with van der Waals surface area (Å²) in [6, 6.07) is 16.5. The van der Waals surface area contributed by atoms with Gasteiger partial charge in [-0.05, 0) is 48.2 Å². The molecule has 0 saturated heterocycles. The number of aliphatic hydroxyl groups is 4. The van der Waals surface area contributed by atoms with Crippen LogP contribution >= 0.6 is 12.4 Å². The van der Waals surface area contributed by atoms with Crippen molar-refractivity contribution in [2.75, 3.05) is 53.7 Å². The molecule has 0 fully saturated rings. The molecule has 282 valence electrons. The molecule has 0 amide bonds. The summed E-state index contributed by atoms with van der Waals surface area (Å²) in [5.41, 5.74) is 2.44. The van der Waals surface area contributed by atoms with Crippen molar-refractivity contribution in [3.63, 3.8) is 0 Å². The van der Waals surface area contributed by atoms with Gasteiger partial charge in [0, 0.05) is 39.4 Å². The maximum atomic E-state index is 9.77. The third kappa shape index (κ3) is 25.6. The van der Waals surface area contributed by atoms with E-state index in [1.54, 1.807) is 14.2 Å². The number of ether oxygens (including phenoxy) is 4. The summed E-state index contributed by atoms with van der Waals surface area (Å²) in [6.07, 6.45) is -3.71. The molecule has 0 saturated carbocycles. The van der Waals surface area contributed by atoms with Gasteiger partial charge in [0.05, 0.1) is 13.2 Å². The van der Waals surface area contributed by atoms with Gasteiger partial charge in [0.25, 0.3) is 0 Å². The molecule has 0 aliphatic heterocycles. The molecule has 0 aliphatic carbocycles. The summed E-state index contributed by atoms with van der Waals surface area (Å²) in [7, 11) is 3.40. The van der Waals surface area contributed by atoms with Gasteiger partial charge in [0.15, 0.2) is 12.2 Å².